The molecule has 0 saturated heterocycles. The maximum absolute atomic E-state index is 12.2. The van der Waals surface area contributed by atoms with Crippen LogP contribution in [0.15, 0.2) is 22.6 Å². The lowest BCUT2D eigenvalue weighted by atomic mass is 10.0. The molecule has 0 aliphatic carbocycles. The minimum atomic E-state index is -0.389. The van der Waals surface area contributed by atoms with E-state index in [1.54, 1.807) is 24.0 Å². The second-order valence-corrected chi connectivity index (χ2v) is 7.13. The van der Waals surface area contributed by atoms with E-state index in [4.69, 9.17) is 20.8 Å². The smallest absolute Gasteiger partial charge is 0.410 e. The summed E-state index contributed by atoms with van der Waals surface area (Å²) in [7, 11) is 0. The molecule has 1 aliphatic heterocycles. The van der Waals surface area contributed by atoms with E-state index in [-0.39, 0.29) is 17.2 Å². The Morgan fingerprint density at radius 1 is 1.52 bits per heavy atom. The number of nitrogens with one attached hydrogen (secondary N) is 1. The number of carbonyl (C=O) groups excluding carboxylic acids is 2. The maximum atomic E-state index is 12.2. The van der Waals surface area contributed by atoms with Gasteiger partial charge in [-0.3, -0.25) is 4.79 Å². The molecule has 2 aromatic heterocycles. The Hall–Kier alpha value is -2.76. The summed E-state index contributed by atoms with van der Waals surface area (Å²) in [5.74, 6) is 0.0612. The van der Waals surface area contributed by atoms with Gasteiger partial charge in [0.05, 0.1) is 18.7 Å². The fourth-order valence-electron chi connectivity index (χ4n) is 2.71. The minimum absolute atomic E-state index is 0.235. The molecule has 0 saturated carbocycles. The first-order chi connectivity index (χ1) is 13.0. The van der Waals surface area contributed by atoms with Crippen LogP contribution in [0.5, 0.6) is 0 Å². The van der Waals surface area contributed by atoms with Crippen molar-refractivity contribution in [1.82, 2.24) is 4.90 Å². The molecule has 0 spiro atoms. The zero-order valence-electron chi connectivity index (χ0n) is 14.5. The van der Waals surface area contributed by atoms with E-state index in [1.807, 2.05) is 0 Å². The number of anilines is 1. The molecule has 9 heteroatoms. The zero-order valence-corrected chi connectivity index (χ0v) is 16.0. The Bertz CT molecular complexity index is 941. The third kappa shape index (κ3) is 4.32. The number of hydrogen-bond donors (Lipinski definition) is 1. The number of halogens is 1. The van der Waals surface area contributed by atoms with E-state index in [0.717, 1.165) is 10.4 Å². The number of ether oxygens (including phenoxy) is 1. The fourth-order valence-corrected chi connectivity index (χ4v) is 4.08. The second-order valence-electron chi connectivity index (χ2n) is 5.65. The van der Waals surface area contributed by atoms with Crippen molar-refractivity contribution in [2.75, 3.05) is 18.5 Å². The SMILES string of the molecule is CCOC(=O)N1CCc2c(sc(NC(=O)C=Cc3ccc(Cl)o3)c2C#N)C1. The normalized spacial score (nSPS) is 13.3. The zero-order chi connectivity index (χ0) is 19.4. The Labute approximate surface area is 164 Å². The van der Waals surface area contributed by atoms with Gasteiger partial charge in [0.1, 0.15) is 16.8 Å². The number of hydrogen-bond acceptors (Lipinski definition) is 6. The first kappa shape index (κ1) is 19.0. The summed E-state index contributed by atoms with van der Waals surface area (Å²) in [6.07, 6.45) is 2.97. The topological polar surface area (TPSA) is 95.6 Å². The van der Waals surface area contributed by atoms with Crippen LogP contribution in [0, 0.1) is 11.3 Å². The molecule has 7 nitrogen and oxygen atoms in total. The van der Waals surface area contributed by atoms with Crippen LogP contribution in [0.1, 0.15) is 28.7 Å². The molecule has 0 bridgehead atoms. The van der Waals surface area contributed by atoms with Crippen molar-refractivity contribution < 1.29 is 18.7 Å². The van der Waals surface area contributed by atoms with Gasteiger partial charge in [-0.1, -0.05) is 0 Å². The lowest BCUT2D eigenvalue weighted by molar-refractivity contribution is -0.111. The van der Waals surface area contributed by atoms with Gasteiger partial charge in [-0.15, -0.1) is 11.3 Å². The van der Waals surface area contributed by atoms with Crippen LogP contribution in [-0.2, 0) is 22.5 Å². The van der Waals surface area contributed by atoms with Crippen molar-refractivity contribution in [2.45, 2.75) is 19.9 Å². The van der Waals surface area contributed by atoms with Crippen LogP contribution in [0.2, 0.25) is 5.22 Å². The number of nitrogens with zero attached hydrogens (tertiary/aromatic N) is 2. The van der Waals surface area contributed by atoms with Crippen molar-refractivity contribution in [2.24, 2.45) is 0 Å². The predicted octanol–water partition coefficient (Wildman–Crippen LogP) is 4.03. The average Bonchev–Trinajstić information content (AvgIpc) is 3.22. The van der Waals surface area contributed by atoms with Crippen LogP contribution >= 0.6 is 22.9 Å². The Balaban J connectivity index is 1.73. The number of furan rings is 1. The monoisotopic (exact) mass is 405 g/mol. The highest BCUT2D eigenvalue weighted by molar-refractivity contribution is 7.16. The third-order valence-electron chi connectivity index (χ3n) is 3.92. The highest BCUT2D eigenvalue weighted by Gasteiger charge is 2.27. The molecule has 0 atom stereocenters. The molecule has 0 fully saturated rings. The van der Waals surface area contributed by atoms with Crippen LogP contribution in [0.25, 0.3) is 6.08 Å². The van der Waals surface area contributed by atoms with Crippen molar-refractivity contribution in [1.29, 1.82) is 5.26 Å². The van der Waals surface area contributed by atoms with E-state index in [0.29, 0.717) is 42.4 Å². The molecule has 3 rings (SSSR count). The van der Waals surface area contributed by atoms with Crippen molar-refractivity contribution in [3.63, 3.8) is 0 Å². The highest BCUT2D eigenvalue weighted by Crippen LogP contribution is 2.36. The summed E-state index contributed by atoms with van der Waals surface area (Å²) in [6, 6.07) is 5.37. The van der Waals surface area contributed by atoms with E-state index in [2.05, 4.69) is 11.4 Å². The predicted molar refractivity (Wildman–Crippen MR) is 102 cm³/mol. The van der Waals surface area contributed by atoms with Gasteiger partial charge >= 0.3 is 6.09 Å². The molecule has 0 aromatic carbocycles. The van der Waals surface area contributed by atoms with Crippen LogP contribution in [0.4, 0.5) is 9.80 Å². The lowest BCUT2D eigenvalue weighted by Crippen LogP contribution is -2.35. The molecule has 2 amide bonds. The second kappa shape index (κ2) is 8.29. The van der Waals surface area contributed by atoms with Gasteiger partial charge in [-0.25, -0.2) is 4.79 Å². The van der Waals surface area contributed by atoms with Gasteiger partial charge in [0, 0.05) is 17.5 Å². The van der Waals surface area contributed by atoms with Gasteiger partial charge in [-0.2, -0.15) is 5.26 Å². The van der Waals surface area contributed by atoms with Crippen molar-refractivity contribution in [3.8, 4) is 6.07 Å². The van der Waals surface area contributed by atoms with Gasteiger partial charge in [0.25, 0.3) is 0 Å². The van der Waals surface area contributed by atoms with Gasteiger partial charge in [0.2, 0.25) is 5.91 Å². The van der Waals surface area contributed by atoms with E-state index in [1.165, 1.54) is 23.5 Å². The summed E-state index contributed by atoms with van der Waals surface area (Å²) in [5.41, 5.74) is 1.32. The average molecular weight is 406 g/mol. The third-order valence-corrected chi connectivity index (χ3v) is 5.26. The molecular weight excluding hydrogens is 390 g/mol. The maximum Gasteiger partial charge on any atom is 0.410 e. The first-order valence-corrected chi connectivity index (χ1v) is 9.42. The molecule has 1 N–H and O–H groups in total. The van der Waals surface area contributed by atoms with Crippen molar-refractivity contribution in [3.05, 3.63) is 45.2 Å². The highest BCUT2D eigenvalue weighted by atomic mass is 35.5. The molecule has 2 aromatic rings. The molecule has 27 heavy (non-hydrogen) atoms. The number of fused-ring (bicyclic) bond motifs is 1. The van der Waals surface area contributed by atoms with Crippen LogP contribution in [-0.4, -0.2) is 30.1 Å². The lowest BCUT2D eigenvalue weighted by Gasteiger charge is -2.25. The summed E-state index contributed by atoms with van der Waals surface area (Å²) in [5, 5.41) is 12.9. The summed E-state index contributed by atoms with van der Waals surface area (Å²) >= 11 is 6.98. The molecule has 140 valence electrons. The number of thiophene rings is 1. The minimum Gasteiger partial charge on any atom is -0.450 e. The largest absolute Gasteiger partial charge is 0.450 e. The summed E-state index contributed by atoms with van der Waals surface area (Å²) in [4.78, 5) is 26.6. The molecule has 3 heterocycles. The Morgan fingerprint density at radius 3 is 3.00 bits per heavy atom. The molecule has 0 unspecified atom stereocenters. The number of rotatable bonds is 4. The van der Waals surface area contributed by atoms with E-state index < -0.39 is 0 Å². The summed E-state index contributed by atoms with van der Waals surface area (Å²) in [6.45, 7) is 2.91. The standard InChI is InChI=1S/C18H16ClN3O4S/c1-2-25-18(24)22-8-7-12-13(9-20)17(27-14(12)10-22)21-16(23)6-4-11-3-5-15(19)26-11/h3-6H,2,7-8,10H2,1H3,(H,21,23). The van der Waals surface area contributed by atoms with Gasteiger partial charge < -0.3 is 19.4 Å². The van der Waals surface area contributed by atoms with E-state index in [9.17, 15) is 14.9 Å². The number of nitriles is 1. The fraction of sp³-hybridized carbons (Fsp3) is 0.278. The van der Waals surface area contributed by atoms with Crippen molar-refractivity contribution >= 4 is 46.0 Å². The number of carbonyl (C=O) groups is 2. The van der Waals surface area contributed by atoms with Crippen LogP contribution < -0.4 is 5.32 Å². The van der Waals surface area contributed by atoms with Gasteiger partial charge in [-0.05, 0) is 48.7 Å². The van der Waals surface area contributed by atoms with Gasteiger partial charge in [0.15, 0.2) is 5.22 Å². The molecular formula is C18H16ClN3O4S. The number of amides is 2. The Morgan fingerprint density at radius 2 is 2.33 bits per heavy atom. The first-order valence-electron chi connectivity index (χ1n) is 8.22. The van der Waals surface area contributed by atoms with E-state index >= 15 is 0 Å². The van der Waals surface area contributed by atoms with Crippen LogP contribution in [0.3, 0.4) is 0 Å². The summed E-state index contributed by atoms with van der Waals surface area (Å²) < 4.78 is 10.2. The quantitative estimate of drug-likeness (QED) is 0.774. The molecule has 1 aliphatic rings. The Kier molecular flexibility index (Phi) is 5.84. The molecule has 0 radical (unpaired) electrons.